The summed E-state index contributed by atoms with van der Waals surface area (Å²) in [5.74, 6) is -0.621. The van der Waals surface area contributed by atoms with Gasteiger partial charge in [-0.05, 0) is 57.2 Å². The van der Waals surface area contributed by atoms with Crippen LogP contribution in [0.3, 0.4) is 0 Å². The zero-order chi connectivity index (χ0) is 29.3. The van der Waals surface area contributed by atoms with Gasteiger partial charge in [-0.2, -0.15) is 10.2 Å². The minimum absolute atomic E-state index is 0.141. The van der Waals surface area contributed by atoms with E-state index in [0.29, 0.717) is 49.2 Å². The van der Waals surface area contributed by atoms with E-state index in [1.165, 1.54) is 33.7 Å². The molecule has 1 aliphatic rings. The number of anilines is 2. The fourth-order valence-corrected chi connectivity index (χ4v) is 4.49. The van der Waals surface area contributed by atoms with Gasteiger partial charge >= 0.3 is 6.09 Å². The van der Waals surface area contributed by atoms with Crippen molar-refractivity contribution in [3.63, 3.8) is 0 Å². The van der Waals surface area contributed by atoms with Crippen molar-refractivity contribution in [1.82, 2.24) is 24.3 Å². The smallest absolute Gasteiger partial charge is 0.410 e. The number of nitrogens with zero attached hydrogens (tertiary/aromatic N) is 6. The van der Waals surface area contributed by atoms with Crippen LogP contribution >= 0.6 is 0 Å². The van der Waals surface area contributed by atoms with Crippen molar-refractivity contribution >= 4 is 35.2 Å². The maximum absolute atomic E-state index is 13.8. The summed E-state index contributed by atoms with van der Waals surface area (Å²) in [5.41, 5.74) is 1.10. The van der Waals surface area contributed by atoms with Crippen LogP contribution in [0.5, 0.6) is 0 Å². The van der Waals surface area contributed by atoms with Gasteiger partial charge in [0.25, 0.3) is 12.3 Å². The van der Waals surface area contributed by atoms with Crippen molar-refractivity contribution in [2.75, 3.05) is 36.4 Å². The molecular weight excluding hydrogens is 536 g/mol. The number of amides is 2. The minimum Gasteiger partial charge on any atom is -0.444 e. The monoisotopic (exact) mass is 565 g/mol. The lowest BCUT2D eigenvalue weighted by molar-refractivity contribution is 0.0240. The molecule has 11 nitrogen and oxygen atoms in total. The summed E-state index contributed by atoms with van der Waals surface area (Å²) < 4.78 is 35.8. The minimum atomic E-state index is -2.93. The molecule has 4 heterocycles. The molecule has 214 valence electrons. The van der Waals surface area contributed by atoms with Gasteiger partial charge in [0.1, 0.15) is 11.9 Å². The number of fused-ring (bicyclic) bond motifs is 1. The van der Waals surface area contributed by atoms with Crippen LogP contribution in [0.1, 0.15) is 53.6 Å². The number of nitrogens with one attached hydrogen (secondary N) is 1. The molecule has 1 saturated heterocycles. The molecule has 5 rings (SSSR count). The molecule has 3 aromatic heterocycles. The Morgan fingerprint density at radius 1 is 1.05 bits per heavy atom. The molecule has 0 bridgehead atoms. The first-order valence-electron chi connectivity index (χ1n) is 13.0. The largest absolute Gasteiger partial charge is 0.444 e. The van der Waals surface area contributed by atoms with E-state index in [1.807, 2.05) is 26.8 Å². The number of carbonyl (C=O) groups excluding carboxylic acids is 3. The summed E-state index contributed by atoms with van der Waals surface area (Å²) >= 11 is 0. The van der Waals surface area contributed by atoms with Crippen molar-refractivity contribution in [2.45, 2.75) is 32.8 Å². The zero-order valence-corrected chi connectivity index (χ0v) is 22.8. The molecule has 41 heavy (non-hydrogen) atoms. The Labute approximate surface area is 234 Å². The van der Waals surface area contributed by atoms with Gasteiger partial charge in [0.15, 0.2) is 5.69 Å². The first kappa shape index (κ1) is 27.7. The highest BCUT2D eigenvalue weighted by Gasteiger charge is 2.27. The molecule has 1 N–H and O–H groups in total. The number of piperazine rings is 1. The normalized spacial score (nSPS) is 14.0. The Bertz CT molecular complexity index is 1580. The molecule has 0 saturated carbocycles. The summed E-state index contributed by atoms with van der Waals surface area (Å²) in [5, 5.41) is 10.7. The molecule has 0 atom stereocenters. The van der Waals surface area contributed by atoms with Crippen LogP contribution in [0, 0.1) is 0 Å². The maximum atomic E-state index is 13.8. The maximum Gasteiger partial charge on any atom is 0.410 e. The van der Waals surface area contributed by atoms with Crippen molar-refractivity contribution in [3.8, 4) is 5.69 Å². The van der Waals surface area contributed by atoms with E-state index >= 15 is 0 Å². The predicted octanol–water partition coefficient (Wildman–Crippen LogP) is 4.58. The lowest BCUT2D eigenvalue weighted by Crippen LogP contribution is -2.50. The Hall–Kier alpha value is -4.81. The highest BCUT2D eigenvalue weighted by molar-refractivity contribution is 6.09. The van der Waals surface area contributed by atoms with Crippen molar-refractivity contribution in [2.24, 2.45) is 0 Å². The average Bonchev–Trinajstić information content (AvgIpc) is 3.56. The third-order valence-electron chi connectivity index (χ3n) is 6.54. The van der Waals surface area contributed by atoms with Crippen molar-refractivity contribution < 1.29 is 27.9 Å². The van der Waals surface area contributed by atoms with Gasteiger partial charge in [-0.3, -0.25) is 9.59 Å². The molecule has 0 unspecified atom stereocenters. The van der Waals surface area contributed by atoms with E-state index in [9.17, 15) is 23.2 Å². The van der Waals surface area contributed by atoms with Crippen LogP contribution < -0.4 is 10.2 Å². The number of hydrogen-bond acceptors (Lipinski definition) is 7. The van der Waals surface area contributed by atoms with Gasteiger partial charge in [0, 0.05) is 43.6 Å². The fourth-order valence-electron chi connectivity index (χ4n) is 4.49. The van der Waals surface area contributed by atoms with Gasteiger partial charge in [0.05, 0.1) is 34.8 Å². The van der Waals surface area contributed by atoms with Crippen LogP contribution in [-0.2, 0) is 4.74 Å². The van der Waals surface area contributed by atoms with Gasteiger partial charge in [-0.1, -0.05) is 0 Å². The van der Waals surface area contributed by atoms with Crippen molar-refractivity contribution in [1.29, 1.82) is 0 Å². The molecule has 2 amide bonds. The highest BCUT2D eigenvalue weighted by atomic mass is 19.3. The number of halogens is 2. The first-order valence-corrected chi connectivity index (χ1v) is 13.0. The Balaban J connectivity index is 1.33. The number of pyridine rings is 1. The average molecular weight is 566 g/mol. The quantitative estimate of drug-likeness (QED) is 0.341. The van der Waals surface area contributed by atoms with Gasteiger partial charge in [-0.25, -0.2) is 22.8 Å². The summed E-state index contributed by atoms with van der Waals surface area (Å²) in [6.45, 7) is 7.56. The number of benzene rings is 1. The number of ether oxygens (including phenoxy) is 1. The highest BCUT2D eigenvalue weighted by Crippen LogP contribution is 2.28. The molecule has 0 radical (unpaired) electrons. The Morgan fingerprint density at radius 3 is 2.39 bits per heavy atom. The van der Waals surface area contributed by atoms with E-state index in [1.54, 1.807) is 29.3 Å². The van der Waals surface area contributed by atoms with Crippen LogP contribution in [0.15, 0.2) is 55.0 Å². The SMILES string of the molecule is CC(C)(C)OC(=O)N1CCN(c2ccn3ncc(C(=O)Nc4cn(-c5ccc(C=O)cc5)nc4C(F)F)c3c2)CC1. The van der Waals surface area contributed by atoms with Gasteiger partial charge in [-0.15, -0.1) is 0 Å². The van der Waals surface area contributed by atoms with Gasteiger partial charge in [0.2, 0.25) is 0 Å². The summed E-state index contributed by atoms with van der Waals surface area (Å²) in [6, 6.07) is 9.88. The number of aldehydes is 1. The second-order valence-electron chi connectivity index (χ2n) is 10.6. The summed E-state index contributed by atoms with van der Waals surface area (Å²) in [7, 11) is 0. The van der Waals surface area contributed by atoms with E-state index in [-0.39, 0.29) is 17.3 Å². The van der Waals surface area contributed by atoms with Crippen molar-refractivity contribution in [3.05, 3.63) is 71.8 Å². The van der Waals surface area contributed by atoms with E-state index in [2.05, 4.69) is 20.4 Å². The molecular formula is C28H29F2N7O4. The Morgan fingerprint density at radius 2 is 1.76 bits per heavy atom. The van der Waals surface area contributed by atoms with E-state index < -0.39 is 23.6 Å². The predicted molar refractivity (Wildman–Crippen MR) is 147 cm³/mol. The number of hydrogen-bond donors (Lipinski definition) is 1. The zero-order valence-electron chi connectivity index (χ0n) is 22.8. The molecule has 1 aliphatic heterocycles. The molecule has 13 heteroatoms. The van der Waals surface area contributed by atoms with E-state index in [0.717, 1.165) is 5.69 Å². The third-order valence-corrected chi connectivity index (χ3v) is 6.54. The first-order chi connectivity index (χ1) is 19.5. The molecule has 0 spiro atoms. The third kappa shape index (κ3) is 6.03. The lowest BCUT2D eigenvalue weighted by atomic mass is 10.2. The molecule has 1 fully saturated rings. The number of rotatable bonds is 6. The summed E-state index contributed by atoms with van der Waals surface area (Å²) in [6.07, 6.45) is 1.78. The number of alkyl halides is 2. The topological polar surface area (TPSA) is 114 Å². The van der Waals surface area contributed by atoms with Crippen LogP contribution in [-0.4, -0.2) is 74.4 Å². The number of aromatic nitrogens is 4. The molecule has 1 aromatic carbocycles. The van der Waals surface area contributed by atoms with Gasteiger partial charge < -0.3 is 19.9 Å². The van der Waals surface area contributed by atoms with Crippen LogP contribution in [0.4, 0.5) is 25.0 Å². The fraction of sp³-hybridized carbons (Fsp3) is 0.321. The van der Waals surface area contributed by atoms with E-state index in [4.69, 9.17) is 4.74 Å². The second-order valence-corrected chi connectivity index (χ2v) is 10.6. The van der Waals surface area contributed by atoms with Crippen LogP contribution in [0.2, 0.25) is 0 Å². The number of carbonyl (C=O) groups is 3. The summed E-state index contributed by atoms with van der Waals surface area (Å²) in [4.78, 5) is 40.3. The van der Waals surface area contributed by atoms with Crippen LogP contribution in [0.25, 0.3) is 11.2 Å². The standard InChI is InChI=1S/C28H29F2N7O4/c1-28(2,3)41-27(40)35-12-10-34(11-13-35)20-8-9-36-23(14-20)21(15-31-36)26(39)32-22-16-37(33-24(22)25(29)30)19-6-4-18(17-38)5-7-19/h4-9,14-17,25H,10-13H2,1-3H3,(H,32,39). The molecule has 0 aliphatic carbocycles. The molecule has 4 aromatic rings. The lowest BCUT2D eigenvalue weighted by Gasteiger charge is -2.36. The Kier molecular flexibility index (Phi) is 7.43. The second kappa shape index (κ2) is 11.0.